The Bertz CT molecular complexity index is 1400. The number of hydrogen-bond acceptors (Lipinski definition) is 8. The molecule has 0 saturated carbocycles. The lowest BCUT2D eigenvalue weighted by atomic mass is 9.72. The Morgan fingerprint density at radius 1 is 1.00 bits per heavy atom. The molecule has 2 aromatic carbocycles. The molecule has 1 spiro atoms. The highest BCUT2D eigenvalue weighted by Gasteiger charge is 2.47. The fraction of sp³-hybridized carbons (Fsp3) is 0.605. The van der Waals surface area contributed by atoms with Crippen LogP contribution in [0.3, 0.4) is 0 Å². The molecule has 49 heavy (non-hydrogen) atoms. The van der Waals surface area contributed by atoms with Gasteiger partial charge in [0.2, 0.25) is 11.8 Å². The van der Waals surface area contributed by atoms with Gasteiger partial charge in [-0.25, -0.2) is 4.79 Å². The summed E-state index contributed by atoms with van der Waals surface area (Å²) >= 11 is 0. The second-order valence-electron chi connectivity index (χ2n) is 15.3. The standard InChI is InChI=1S/C38H53N5O6/c1-37(2,3)33(40-36(46)49-25-28-10-6-4-7-11-28)35(45)43-23-30(47-20-18-41-26-38(27-41)14-16-39-17-15-38)22-31(43)34(44)42-19-21-48-32(24-42)29-12-8-5-9-13-29/h4-13,30-33,39H,14-27H2,1-3H3,(H,40,46)/t30-,31-,32-,33+/m0/s1. The summed E-state index contributed by atoms with van der Waals surface area (Å²) in [7, 11) is 0. The highest BCUT2D eigenvalue weighted by Crippen LogP contribution is 2.38. The van der Waals surface area contributed by atoms with Gasteiger partial charge in [-0.15, -0.1) is 0 Å². The first-order chi connectivity index (χ1) is 23.6. The average Bonchev–Trinajstić information content (AvgIpc) is 3.53. The third-order valence-electron chi connectivity index (χ3n) is 10.5. The second kappa shape index (κ2) is 15.6. The van der Waals surface area contributed by atoms with Crippen molar-refractivity contribution in [3.63, 3.8) is 0 Å². The number of alkyl carbamates (subject to hydrolysis) is 1. The normalized spacial score (nSPS) is 24.7. The summed E-state index contributed by atoms with van der Waals surface area (Å²) in [5.74, 6) is -0.421. The molecule has 266 valence electrons. The summed E-state index contributed by atoms with van der Waals surface area (Å²) in [4.78, 5) is 47.7. The minimum atomic E-state index is -0.908. The van der Waals surface area contributed by atoms with E-state index in [0.717, 1.165) is 43.9 Å². The van der Waals surface area contributed by atoms with Crippen molar-refractivity contribution in [2.45, 2.75) is 70.9 Å². The van der Waals surface area contributed by atoms with Gasteiger partial charge in [0.1, 0.15) is 24.8 Å². The van der Waals surface area contributed by atoms with E-state index in [1.807, 2.05) is 86.3 Å². The summed E-state index contributed by atoms with van der Waals surface area (Å²) < 4.78 is 18.0. The van der Waals surface area contributed by atoms with E-state index >= 15 is 0 Å². The van der Waals surface area contributed by atoms with Gasteiger partial charge < -0.3 is 34.6 Å². The number of ether oxygens (including phenoxy) is 3. The lowest BCUT2D eigenvalue weighted by Gasteiger charge is -2.52. The van der Waals surface area contributed by atoms with Gasteiger partial charge in [0.15, 0.2) is 0 Å². The number of carbonyl (C=O) groups is 3. The van der Waals surface area contributed by atoms with E-state index in [1.165, 1.54) is 12.8 Å². The molecule has 0 bridgehead atoms. The Balaban J connectivity index is 1.12. The van der Waals surface area contributed by atoms with Crippen LogP contribution in [0, 0.1) is 10.8 Å². The number of benzene rings is 2. The predicted molar refractivity (Wildman–Crippen MR) is 186 cm³/mol. The fourth-order valence-electron chi connectivity index (χ4n) is 7.70. The molecule has 4 heterocycles. The Kier molecular flexibility index (Phi) is 11.2. The van der Waals surface area contributed by atoms with Crippen LogP contribution in [0.25, 0.3) is 0 Å². The SMILES string of the molecule is CC(C)(C)[C@H](NC(=O)OCc1ccccc1)C(=O)N1C[C@@H](OCCN2CC3(CCNCC3)C2)C[C@H]1C(=O)N1CCO[C@H](c2ccccc2)C1. The summed E-state index contributed by atoms with van der Waals surface area (Å²) in [5, 5.41) is 6.30. The van der Waals surface area contributed by atoms with Crippen LogP contribution in [-0.4, -0.2) is 116 Å². The summed E-state index contributed by atoms with van der Waals surface area (Å²) in [6.45, 7) is 13.1. The molecule has 11 heteroatoms. The van der Waals surface area contributed by atoms with Gasteiger partial charge in [-0.1, -0.05) is 81.4 Å². The monoisotopic (exact) mass is 675 g/mol. The molecule has 11 nitrogen and oxygen atoms in total. The first-order valence-electron chi connectivity index (χ1n) is 17.9. The van der Waals surface area contributed by atoms with Gasteiger partial charge in [0.05, 0.1) is 25.9 Å². The van der Waals surface area contributed by atoms with Gasteiger partial charge in [-0.2, -0.15) is 0 Å². The Morgan fingerprint density at radius 3 is 2.39 bits per heavy atom. The van der Waals surface area contributed by atoms with Gasteiger partial charge in [-0.05, 0) is 47.9 Å². The predicted octanol–water partition coefficient (Wildman–Crippen LogP) is 3.60. The summed E-state index contributed by atoms with van der Waals surface area (Å²) in [5.41, 5.74) is 1.68. The van der Waals surface area contributed by atoms with E-state index < -0.39 is 23.6 Å². The molecule has 4 aliphatic rings. The number of rotatable bonds is 10. The van der Waals surface area contributed by atoms with Crippen LogP contribution >= 0.6 is 0 Å². The van der Waals surface area contributed by atoms with E-state index in [-0.39, 0.29) is 37.2 Å². The second-order valence-corrected chi connectivity index (χ2v) is 15.3. The topological polar surface area (TPSA) is 113 Å². The maximum atomic E-state index is 14.4. The Labute approximate surface area is 290 Å². The van der Waals surface area contributed by atoms with E-state index in [2.05, 4.69) is 15.5 Å². The molecule has 0 radical (unpaired) electrons. The summed E-state index contributed by atoms with van der Waals surface area (Å²) in [6, 6.07) is 17.7. The van der Waals surface area contributed by atoms with Crippen molar-refractivity contribution in [1.29, 1.82) is 0 Å². The largest absolute Gasteiger partial charge is 0.445 e. The number of likely N-dealkylation sites (tertiary alicyclic amines) is 2. The van der Waals surface area contributed by atoms with Crippen molar-refractivity contribution in [2.75, 3.05) is 65.6 Å². The zero-order chi connectivity index (χ0) is 34.4. The maximum Gasteiger partial charge on any atom is 0.408 e. The molecule has 4 saturated heterocycles. The maximum absolute atomic E-state index is 14.4. The molecule has 4 aliphatic heterocycles. The lowest BCUT2D eigenvalue weighted by Crippen LogP contribution is -2.60. The number of morpholine rings is 1. The number of carbonyl (C=O) groups excluding carboxylic acids is 3. The molecular weight excluding hydrogens is 622 g/mol. The lowest BCUT2D eigenvalue weighted by molar-refractivity contribution is -0.150. The van der Waals surface area contributed by atoms with Crippen LogP contribution in [0.5, 0.6) is 0 Å². The van der Waals surface area contributed by atoms with Crippen molar-refractivity contribution < 1.29 is 28.6 Å². The van der Waals surface area contributed by atoms with E-state index in [9.17, 15) is 14.4 Å². The van der Waals surface area contributed by atoms with Crippen molar-refractivity contribution in [2.24, 2.45) is 10.8 Å². The highest BCUT2D eigenvalue weighted by molar-refractivity contribution is 5.92. The minimum absolute atomic E-state index is 0.0904. The van der Waals surface area contributed by atoms with Crippen LogP contribution in [0.2, 0.25) is 0 Å². The molecule has 2 N–H and O–H groups in total. The molecule has 0 aromatic heterocycles. The van der Waals surface area contributed by atoms with Crippen LogP contribution in [0.4, 0.5) is 4.79 Å². The van der Waals surface area contributed by atoms with Gasteiger partial charge in [-0.3, -0.25) is 14.5 Å². The minimum Gasteiger partial charge on any atom is -0.445 e. The van der Waals surface area contributed by atoms with E-state index in [1.54, 1.807) is 4.90 Å². The van der Waals surface area contributed by atoms with Gasteiger partial charge in [0.25, 0.3) is 0 Å². The molecular formula is C38H53N5O6. The van der Waals surface area contributed by atoms with Crippen LogP contribution < -0.4 is 10.6 Å². The average molecular weight is 676 g/mol. The molecule has 6 rings (SSSR count). The third kappa shape index (κ3) is 8.81. The van der Waals surface area contributed by atoms with Crippen molar-refractivity contribution >= 4 is 17.9 Å². The Hall–Kier alpha value is -3.51. The zero-order valence-electron chi connectivity index (χ0n) is 29.3. The number of piperidine rings is 1. The molecule has 4 atom stereocenters. The zero-order valence-corrected chi connectivity index (χ0v) is 29.3. The number of amides is 3. The number of nitrogens with one attached hydrogen (secondary N) is 2. The van der Waals surface area contributed by atoms with Crippen molar-refractivity contribution in [3.05, 3.63) is 71.8 Å². The molecule has 4 fully saturated rings. The first kappa shape index (κ1) is 35.3. The van der Waals surface area contributed by atoms with E-state index in [4.69, 9.17) is 14.2 Å². The van der Waals surface area contributed by atoms with E-state index in [0.29, 0.717) is 38.1 Å². The highest BCUT2D eigenvalue weighted by atomic mass is 16.5. The quantitative estimate of drug-likeness (QED) is 0.393. The van der Waals surface area contributed by atoms with Crippen LogP contribution in [0.1, 0.15) is 57.3 Å². The van der Waals surface area contributed by atoms with Gasteiger partial charge >= 0.3 is 6.09 Å². The first-order valence-corrected chi connectivity index (χ1v) is 17.9. The fourth-order valence-corrected chi connectivity index (χ4v) is 7.70. The molecule has 2 aromatic rings. The smallest absolute Gasteiger partial charge is 0.408 e. The third-order valence-corrected chi connectivity index (χ3v) is 10.5. The van der Waals surface area contributed by atoms with Crippen molar-refractivity contribution in [1.82, 2.24) is 25.3 Å². The molecule has 3 amide bonds. The molecule has 0 aliphatic carbocycles. The van der Waals surface area contributed by atoms with Crippen LogP contribution in [-0.2, 0) is 30.4 Å². The van der Waals surface area contributed by atoms with Crippen molar-refractivity contribution in [3.8, 4) is 0 Å². The van der Waals surface area contributed by atoms with Gasteiger partial charge in [0, 0.05) is 39.1 Å². The Morgan fingerprint density at radius 2 is 1.69 bits per heavy atom. The summed E-state index contributed by atoms with van der Waals surface area (Å²) in [6.07, 6.45) is 1.66. The number of hydrogen-bond donors (Lipinski definition) is 2. The molecule has 0 unspecified atom stereocenters. The van der Waals surface area contributed by atoms with Crippen LogP contribution in [0.15, 0.2) is 60.7 Å². The number of nitrogens with zero attached hydrogens (tertiary/aromatic N) is 3.